The molecule has 1 aromatic heterocycles. The smallest absolute Gasteiger partial charge is 0.309 e. The van der Waals surface area contributed by atoms with Crippen molar-refractivity contribution in [3.63, 3.8) is 0 Å². The summed E-state index contributed by atoms with van der Waals surface area (Å²) in [5.41, 5.74) is 3.07. The van der Waals surface area contributed by atoms with E-state index in [4.69, 9.17) is 4.74 Å². The van der Waals surface area contributed by atoms with Gasteiger partial charge in [-0.05, 0) is 56.2 Å². The van der Waals surface area contributed by atoms with E-state index >= 15 is 0 Å². The molecule has 4 rings (SSSR count). The number of ether oxygens (including phenoxy) is 1. The van der Waals surface area contributed by atoms with Crippen LogP contribution < -0.4 is 10.6 Å². The second kappa shape index (κ2) is 14.5. The molecule has 3 aromatic rings. The highest BCUT2D eigenvalue weighted by atomic mass is 16.5. The molecular formula is C32H39N3O5. The predicted molar refractivity (Wildman–Crippen MR) is 154 cm³/mol. The molecule has 2 heterocycles. The maximum absolute atomic E-state index is 13.5. The monoisotopic (exact) mass is 545 g/mol. The fourth-order valence-corrected chi connectivity index (χ4v) is 5.10. The van der Waals surface area contributed by atoms with Gasteiger partial charge in [-0.15, -0.1) is 0 Å². The summed E-state index contributed by atoms with van der Waals surface area (Å²) in [5, 5.41) is 16.1. The molecule has 2 aromatic carbocycles. The Hall–Kier alpha value is -3.91. The standard InChI is InChI=1S/C32H39N3O5/c1-22(20-36)34-30(37)18-24-12-6-3-7-13-25(16-23-10-4-2-5-11-23)32(39)40-21-27(35-31(24)38)17-26-19-33-29-15-9-8-14-28(26)29/h2-6,8-11,14-15,19,22,24-25,27,33,36H,7,12-13,16-18,20-21H2,1H3,(H,34,37)(H,35,38)/t22-,24+,25+,27-/m0/s1. The second-order valence-electron chi connectivity index (χ2n) is 10.6. The predicted octanol–water partition coefficient (Wildman–Crippen LogP) is 3.84. The van der Waals surface area contributed by atoms with Gasteiger partial charge in [0, 0.05) is 29.6 Å². The van der Waals surface area contributed by atoms with E-state index < -0.39 is 18.0 Å². The molecule has 0 bridgehead atoms. The van der Waals surface area contributed by atoms with Crippen molar-refractivity contribution >= 4 is 28.7 Å². The van der Waals surface area contributed by atoms with Crippen molar-refractivity contribution in [2.24, 2.45) is 11.8 Å². The van der Waals surface area contributed by atoms with Gasteiger partial charge in [-0.25, -0.2) is 0 Å². The molecule has 0 fully saturated rings. The molecule has 4 atom stereocenters. The number of aromatic nitrogens is 1. The highest BCUT2D eigenvalue weighted by molar-refractivity contribution is 5.86. The number of hydrogen-bond acceptors (Lipinski definition) is 5. The van der Waals surface area contributed by atoms with Crippen LogP contribution in [-0.4, -0.2) is 53.2 Å². The van der Waals surface area contributed by atoms with Gasteiger partial charge in [0.25, 0.3) is 0 Å². The van der Waals surface area contributed by atoms with Gasteiger partial charge in [-0.3, -0.25) is 14.4 Å². The first-order valence-corrected chi connectivity index (χ1v) is 14.0. The van der Waals surface area contributed by atoms with E-state index in [1.807, 2.05) is 72.9 Å². The molecule has 0 radical (unpaired) electrons. The number of amides is 2. The summed E-state index contributed by atoms with van der Waals surface area (Å²) in [7, 11) is 0. The lowest BCUT2D eigenvalue weighted by atomic mass is 9.94. The molecule has 0 unspecified atom stereocenters. The van der Waals surface area contributed by atoms with Gasteiger partial charge in [0.2, 0.25) is 11.8 Å². The Morgan fingerprint density at radius 2 is 1.82 bits per heavy atom. The van der Waals surface area contributed by atoms with Crippen LogP contribution in [0.2, 0.25) is 0 Å². The maximum atomic E-state index is 13.5. The quantitative estimate of drug-likeness (QED) is 0.253. The van der Waals surface area contributed by atoms with E-state index in [1.54, 1.807) is 6.92 Å². The fourth-order valence-electron chi connectivity index (χ4n) is 5.10. The van der Waals surface area contributed by atoms with E-state index in [-0.39, 0.29) is 43.3 Å². The van der Waals surface area contributed by atoms with Crippen LogP contribution in [0, 0.1) is 11.8 Å². The van der Waals surface area contributed by atoms with Crippen molar-refractivity contribution in [2.75, 3.05) is 13.2 Å². The first kappa shape index (κ1) is 29.1. The first-order valence-electron chi connectivity index (χ1n) is 14.0. The number of aromatic amines is 1. The molecule has 0 saturated carbocycles. The van der Waals surface area contributed by atoms with Crippen molar-refractivity contribution in [3.05, 3.63) is 84.1 Å². The van der Waals surface area contributed by atoms with Crippen LogP contribution in [0.15, 0.2) is 72.9 Å². The number of allylic oxidation sites excluding steroid dienone is 2. The maximum Gasteiger partial charge on any atom is 0.309 e. The number of carbonyl (C=O) groups is 3. The third kappa shape index (κ3) is 8.29. The minimum absolute atomic E-state index is 0.00324. The average molecular weight is 546 g/mol. The van der Waals surface area contributed by atoms with Gasteiger partial charge in [-0.2, -0.15) is 0 Å². The Morgan fingerprint density at radius 3 is 2.62 bits per heavy atom. The summed E-state index contributed by atoms with van der Waals surface area (Å²) in [4.78, 5) is 42.6. The lowest BCUT2D eigenvalue weighted by Gasteiger charge is -2.23. The number of para-hydroxylation sites is 1. The zero-order valence-corrected chi connectivity index (χ0v) is 23.0. The molecule has 8 heteroatoms. The van der Waals surface area contributed by atoms with Gasteiger partial charge >= 0.3 is 5.97 Å². The number of aliphatic hydroxyl groups excluding tert-OH is 1. The zero-order valence-electron chi connectivity index (χ0n) is 23.0. The van der Waals surface area contributed by atoms with Crippen LogP contribution in [0.1, 0.15) is 43.7 Å². The lowest BCUT2D eigenvalue weighted by Crippen LogP contribution is -2.45. The summed E-state index contributed by atoms with van der Waals surface area (Å²) in [6.07, 6.45) is 8.53. The molecule has 1 aliphatic rings. The molecule has 4 N–H and O–H groups in total. The van der Waals surface area contributed by atoms with E-state index in [1.165, 1.54) is 0 Å². The Morgan fingerprint density at radius 1 is 1.05 bits per heavy atom. The topological polar surface area (TPSA) is 121 Å². The first-order chi connectivity index (χ1) is 19.4. The number of esters is 1. The van der Waals surface area contributed by atoms with Gasteiger partial charge in [0.15, 0.2) is 0 Å². The highest BCUT2D eigenvalue weighted by Gasteiger charge is 2.27. The summed E-state index contributed by atoms with van der Waals surface area (Å²) >= 11 is 0. The molecule has 2 amide bonds. The van der Waals surface area contributed by atoms with Gasteiger partial charge < -0.3 is 25.5 Å². The third-order valence-electron chi connectivity index (χ3n) is 7.33. The SMILES string of the molecule is C[C@@H](CO)NC(=O)C[C@H]1CC=CCC[C@H](Cc2ccccc2)C(=O)OC[C@H](Cc2c[nH]c3ccccc23)NC1=O. The normalized spacial score (nSPS) is 21.4. The van der Waals surface area contributed by atoms with Crippen LogP contribution >= 0.6 is 0 Å². The largest absolute Gasteiger partial charge is 0.463 e. The van der Waals surface area contributed by atoms with Crippen molar-refractivity contribution < 1.29 is 24.2 Å². The van der Waals surface area contributed by atoms with Gasteiger partial charge in [0.1, 0.15) is 6.61 Å². The van der Waals surface area contributed by atoms with Crippen molar-refractivity contribution in [2.45, 2.75) is 57.5 Å². The molecule has 212 valence electrons. The second-order valence-corrected chi connectivity index (χ2v) is 10.6. The van der Waals surface area contributed by atoms with E-state index in [2.05, 4.69) is 15.6 Å². The average Bonchev–Trinajstić information content (AvgIpc) is 3.37. The molecule has 0 spiro atoms. The van der Waals surface area contributed by atoms with Crippen molar-refractivity contribution in [1.29, 1.82) is 0 Å². The molecule has 8 nitrogen and oxygen atoms in total. The molecule has 1 aliphatic heterocycles. The zero-order chi connectivity index (χ0) is 28.3. The number of rotatable bonds is 8. The molecule has 0 saturated heterocycles. The number of nitrogens with one attached hydrogen (secondary N) is 3. The lowest BCUT2D eigenvalue weighted by molar-refractivity contribution is -0.150. The minimum atomic E-state index is -0.593. The number of aliphatic hydroxyl groups is 1. The van der Waals surface area contributed by atoms with E-state index in [9.17, 15) is 19.5 Å². The Bertz CT molecular complexity index is 1300. The van der Waals surface area contributed by atoms with Crippen molar-refractivity contribution in [3.8, 4) is 0 Å². The highest BCUT2D eigenvalue weighted by Crippen LogP contribution is 2.22. The number of hydrogen-bond donors (Lipinski definition) is 4. The molecule has 0 aliphatic carbocycles. The van der Waals surface area contributed by atoms with Crippen LogP contribution in [0.4, 0.5) is 0 Å². The Labute approximate surface area is 235 Å². The fraction of sp³-hybridized carbons (Fsp3) is 0.406. The third-order valence-corrected chi connectivity index (χ3v) is 7.33. The number of cyclic esters (lactones) is 1. The summed E-state index contributed by atoms with van der Waals surface area (Å²) in [5.74, 6) is -1.73. The van der Waals surface area contributed by atoms with E-state index in [0.717, 1.165) is 22.0 Å². The van der Waals surface area contributed by atoms with Gasteiger partial charge in [0.05, 0.1) is 24.5 Å². The Kier molecular flexibility index (Phi) is 10.5. The summed E-state index contributed by atoms with van der Waals surface area (Å²) in [6, 6.07) is 17.0. The number of carbonyl (C=O) groups excluding carboxylic acids is 3. The van der Waals surface area contributed by atoms with Crippen molar-refractivity contribution in [1.82, 2.24) is 15.6 Å². The number of H-pyrrole nitrogens is 1. The number of fused-ring (bicyclic) bond motifs is 1. The van der Waals surface area contributed by atoms with Crippen LogP contribution in [0.5, 0.6) is 0 Å². The number of benzene rings is 2. The Balaban J connectivity index is 1.55. The van der Waals surface area contributed by atoms with E-state index in [0.29, 0.717) is 32.1 Å². The molecular weight excluding hydrogens is 506 g/mol. The summed E-state index contributed by atoms with van der Waals surface area (Å²) in [6.45, 7) is 1.56. The minimum Gasteiger partial charge on any atom is -0.463 e. The van der Waals surface area contributed by atoms with Crippen LogP contribution in [0.25, 0.3) is 10.9 Å². The van der Waals surface area contributed by atoms with Crippen LogP contribution in [0.3, 0.4) is 0 Å². The van der Waals surface area contributed by atoms with Gasteiger partial charge in [-0.1, -0.05) is 60.7 Å². The molecule has 40 heavy (non-hydrogen) atoms. The summed E-state index contributed by atoms with van der Waals surface area (Å²) < 4.78 is 5.85. The van der Waals surface area contributed by atoms with Crippen LogP contribution in [-0.2, 0) is 32.0 Å².